The summed E-state index contributed by atoms with van der Waals surface area (Å²) in [7, 11) is 3.85. The van der Waals surface area contributed by atoms with E-state index in [1.807, 2.05) is 31.1 Å². The lowest BCUT2D eigenvalue weighted by Gasteiger charge is -2.11. The van der Waals surface area contributed by atoms with Gasteiger partial charge in [-0.05, 0) is 48.5 Å². The van der Waals surface area contributed by atoms with Crippen molar-refractivity contribution in [1.29, 1.82) is 0 Å². The van der Waals surface area contributed by atoms with Crippen molar-refractivity contribution in [1.82, 2.24) is 9.55 Å². The van der Waals surface area contributed by atoms with Crippen LogP contribution in [0.15, 0.2) is 63.1 Å². The second kappa shape index (κ2) is 7.51. The van der Waals surface area contributed by atoms with Crippen molar-refractivity contribution >= 4 is 29.2 Å². The fourth-order valence-electron chi connectivity index (χ4n) is 2.46. The topological polar surface area (TPSA) is 90.7 Å². The van der Waals surface area contributed by atoms with Gasteiger partial charge in [-0.3, -0.25) is 14.8 Å². The number of aliphatic imine (C=N–C) groups is 1. The van der Waals surface area contributed by atoms with E-state index in [1.54, 1.807) is 36.4 Å². The first-order chi connectivity index (χ1) is 12.9. The maximum absolute atomic E-state index is 12.1. The van der Waals surface area contributed by atoms with E-state index in [1.165, 1.54) is 6.21 Å². The molecule has 0 bridgehead atoms. The Morgan fingerprint density at radius 2 is 1.70 bits per heavy atom. The number of rotatable bonds is 4. The molecule has 2 aromatic carbocycles. The molecule has 1 aromatic heterocycles. The molecule has 0 spiro atoms. The molecule has 2 N–H and O–H groups in total. The van der Waals surface area contributed by atoms with Crippen LogP contribution in [0, 0.1) is 0 Å². The average Bonchev–Trinajstić information content (AvgIpc) is 2.63. The fourth-order valence-corrected chi connectivity index (χ4v) is 2.59. The van der Waals surface area contributed by atoms with Gasteiger partial charge in [0, 0.05) is 31.0 Å². The molecule has 1 heterocycles. The van der Waals surface area contributed by atoms with E-state index < -0.39 is 17.1 Å². The van der Waals surface area contributed by atoms with Crippen molar-refractivity contribution in [2.24, 2.45) is 4.99 Å². The van der Waals surface area contributed by atoms with Gasteiger partial charge in [-0.25, -0.2) is 9.36 Å². The van der Waals surface area contributed by atoms with Gasteiger partial charge in [-0.2, -0.15) is 0 Å². The summed E-state index contributed by atoms with van der Waals surface area (Å²) in [5.74, 6) is -0.500. The number of aromatic hydroxyl groups is 1. The van der Waals surface area contributed by atoms with E-state index in [0.29, 0.717) is 16.4 Å². The van der Waals surface area contributed by atoms with Gasteiger partial charge in [0.15, 0.2) is 0 Å². The standard InChI is InChI=1S/C19H17ClN4O3/c1-23(2)14-9-5-13(6-10-14)21-11-16-17(25)22-19(27)24(18(16)26)15-7-3-12(20)4-8-15/h3-11,26H,1-2H3,(H,22,25,27). The van der Waals surface area contributed by atoms with E-state index in [4.69, 9.17) is 11.6 Å². The van der Waals surface area contributed by atoms with Gasteiger partial charge in [0.2, 0.25) is 5.88 Å². The number of anilines is 1. The number of halogens is 1. The van der Waals surface area contributed by atoms with Gasteiger partial charge >= 0.3 is 5.69 Å². The number of H-pyrrole nitrogens is 1. The van der Waals surface area contributed by atoms with Crippen LogP contribution in [0.5, 0.6) is 5.88 Å². The molecule has 3 rings (SSSR count). The van der Waals surface area contributed by atoms with Gasteiger partial charge in [0.1, 0.15) is 5.56 Å². The largest absolute Gasteiger partial charge is 0.493 e. The average molecular weight is 385 g/mol. The van der Waals surface area contributed by atoms with Gasteiger partial charge in [0.05, 0.1) is 11.4 Å². The first-order valence-electron chi connectivity index (χ1n) is 8.02. The van der Waals surface area contributed by atoms with Gasteiger partial charge in [-0.1, -0.05) is 11.6 Å². The lowest BCUT2D eigenvalue weighted by Crippen LogP contribution is -2.31. The Bertz CT molecular complexity index is 1100. The van der Waals surface area contributed by atoms with Gasteiger partial charge < -0.3 is 10.0 Å². The molecule has 138 valence electrons. The van der Waals surface area contributed by atoms with Crippen LogP contribution in [0.1, 0.15) is 5.56 Å². The molecule has 8 heteroatoms. The maximum Gasteiger partial charge on any atom is 0.335 e. The molecule has 7 nitrogen and oxygen atoms in total. The van der Waals surface area contributed by atoms with E-state index in [9.17, 15) is 14.7 Å². The van der Waals surface area contributed by atoms with Crippen LogP contribution in [-0.2, 0) is 0 Å². The van der Waals surface area contributed by atoms with E-state index in [2.05, 4.69) is 9.98 Å². The van der Waals surface area contributed by atoms with Crippen LogP contribution < -0.4 is 16.1 Å². The summed E-state index contributed by atoms with van der Waals surface area (Å²) in [6, 6.07) is 13.6. The highest BCUT2D eigenvalue weighted by molar-refractivity contribution is 6.30. The smallest absolute Gasteiger partial charge is 0.335 e. The van der Waals surface area contributed by atoms with Crippen molar-refractivity contribution in [3.8, 4) is 11.6 Å². The third-order valence-electron chi connectivity index (χ3n) is 3.91. The van der Waals surface area contributed by atoms with Crippen molar-refractivity contribution < 1.29 is 5.11 Å². The molecular formula is C19H17ClN4O3. The highest BCUT2D eigenvalue weighted by Crippen LogP contribution is 2.20. The fraction of sp³-hybridized carbons (Fsp3) is 0.105. The summed E-state index contributed by atoms with van der Waals surface area (Å²) in [5, 5.41) is 11.0. The third-order valence-corrected chi connectivity index (χ3v) is 4.17. The molecule has 0 unspecified atom stereocenters. The monoisotopic (exact) mass is 384 g/mol. The SMILES string of the molecule is CN(C)c1ccc(N=Cc2c(O)n(-c3ccc(Cl)cc3)c(=O)[nH]c2=O)cc1. The molecule has 0 aliphatic heterocycles. The molecule has 0 saturated heterocycles. The predicted molar refractivity (Wildman–Crippen MR) is 107 cm³/mol. The number of benzene rings is 2. The Hall–Kier alpha value is -3.32. The summed E-state index contributed by atoms with van der Waals surface area (Å²) >= 11 is 5.85. The Labute approximate surface area is 159 Å². The zero-order valence-corrected chi connectivity index (χ0v) is 15.4. The van der Waals surface area contributed by atoms with Crippen LogP contribution in [0.25, 0.3) is 5.69 Å². The summed E-state index contributed by atoms with van der Waals surface area (Å²) < 4.78 is 0.980. The Balaban J connectivity index is 2.03. The minimum atomic E-state index is -0.757. The van der Waals surface area contributed by atoms with Gasteiger partial charge in [0.25, 0.3) is 5.56 Å². The molecule has 0 aliphatic rings. The van der Waals surface area contributed by atoms with E-state index in [0.717, 1.165) is 10.3 Å². The summed E-state index contributed by atoms with van der Waals surface area (Å²) in [5.41, 5.74) is 0.364. The van der Waals surface area contributed by atoms with Crippen molar-refractivity contribution in [3.05, 3.63) is 80.0 Å². The number of hydrogen-bond donors (Lipinski definition) is 2. The summed E-state index contributed by atoms with van der Waals surface area (Å²) in [4.78, 5) is 32.6. The molecule has 0 atom stereocenters. The quantitative estimate of drug-likeness (QED) is 0.676. The molecule has 0 radical (unpaired) electrons. The maximum atomic E-state index is 12.1. The number of aromatic nitrogens is 2. The predicted octanol–water partition coefficient (Wildman–Crippen LogP) is 2.70. The number of nitrogens with one attached hydrogen (secondary N) is 1. The van der Waals surface area contributed by atoms with Crippen molar-refractivity contribution in [2.45, 2.75) is 0 Å². The van der Waals surface area contributed by atoms with Crippen LogP contribution in [0.3, 0.4) is 0 Å². The Kier molecular flexibility index (Phi) is 5.14. The molecular weight excluding hydrogens is 368 g/mol. The van der Waals surface area contributed by atoms with Crippen molar-refractivity contribution in [2.75, 3.05) is 19.0 Å². The second-order valence-electron chi connectivity index (χ2n) is 5.98. The first kappa shape index (κ1) is 18.5. The normalized spacial score (nSPS) is 11.1. The Morgan fingerprint density at radius 1 is 1.07 bits per heavy atom. The lowest BCUT2D eigenvalue weighted by molar-refractivity contribution is 0.430. The van der Waals surface area contributed by atoms with Crippen LogP contribution in [-0.4, -0.2) is 35.0 Å². The van der Waals surface area contributed by atoms with E-state index >= 15 is 0 Å². The summed E-state index contributed by atoms with van der Waals surface area (Å²) in [6.07, 6.45) is 1.23. The minimum Gasteiger partial charge on any atom is -0.493 e. The molecule has 0 aliphatic carbocycles. The van der Waals surface area contributed by atoms with E-state index in [-0.39, 0.29) is 5.56 Å². The minimum absolute atomic E-state index is 0.124. The molecule has 0 amide bonds. The number of hydrogen-bond acceptors (Lipinski definition) is 5. The van der Waals surface area contributed by atoms with Crippen LogP contribution in [0.4, 0.5) is 11.4 Å². The molecule has 0 fully saturated rings. The second-order valence-corrected chi connectivity index (χ2v) is 6.41. The number of aromatic amines is 1. The summed E-state index contributed by atoms with van der Waals surface area (Å²) in [6.45, 7) is 0. The van der Waals surface area contributed by atoms with Crippen molar-refractivity contribution in [3.63, 3.8) is 0 Å². The molecule has 27 heavy (non-hydrogen) atoms. The zero-order chi connectivity index (χ0) is 19.6. The zero-order valence-electron chi connectivity index (χ0n) is 14.7. The van der Waals surface area contributed by atoms with Crippen LogP contribution in [0.2, 0.25) is 5.02 Å². The van der Waals surface area contributed by atoms with Crippen LogP contribution >= 0.6 is 11.6 Å². The molecule has 0 saturated carbocycles. The Morgan fingerprint density at radius 3 is 2.30 bits per heavy atom. The number of nitrogens with zero attached hydrogens (tertiary/aromatic N) is 3. The highest BCUT2D eigenvalue weighted by atomic mass is 35.5. The third kappa shape index (κ3) is 3.93. The highest BCUT2D eigenvalue weighted by Gasteiger charge is 2.14. The first-order valence-corrected chi connectivity index (χ1v) is 8.40. The molecule has 3 aromatic rings. The lowest BCUT2D eigenvalue weighted by atomic mass is 10.2. The van der Waals surface area contributed by atoms with Gasteiger partial charge in [-0.15, -0.1) is 0 Å².